The largest absolute Gasteiger partial charge is 0.379 e. The van der Waals surface area contributed by atoms with Gasteiger partial charge in [-0.3, -0.25) is 19.4 Å². The number of Topliss-reactive ketones (excluding diaryl/α,β-unsaturated/α-hetero) is 1. The standard InChI is InChI=1S/C15H18N2O3/c1-10-7-11(2)13-12(8-10)17(15(19)14(13)18)9-16-3-5-20-6-4-16/h7-8H,3-6,9H2,1-2H3. The van der Waals surface area contributed by atoms with E-state index in [1.807, 2.05) is 26.0 Å². The summed E-state index contributed by atoms with van der Waals surface area (Å²) in [6.07, 6.45) is 0. The Hall–Kier alpha value is -1.72. The molecule has 3 rings (SSSR count). The number of carbonyl (C=O) groups excluding carboxylic acids is 2. The molecule has 5 nitrogen and oxygen atoms in total. The summed E-state index contributed by atoms with van der Waals surface area (Å²) in [5, 5.41) is 0. The van der Waals surface area contributed by atoms with Crippen molar-refractivity contribution in [2.24, 2.45) is 0 Å². The van der Waals surface area contributed by atoms with Crippen molar-refractivity contribution < 1.29 is 14.3 Å². The van der Waals surface area contributed by atoms with E-state index in [0.717, 1.165) is 29.9 Å². The summed E-state index contributed by atoms with van der Waals surface area (Å²) in [7, 11) is 0. The molecule has 1 aromatic rings. The average molecular weight is 274 g/mol. The third kappa shape index (κ3) is 2.13. The Balaban J connectivity index is 1.93. The highest BCUT2D eigenvalue weighted by molar-refractivity contribution is 6.52. The molecule has 0 atom stereocenters. The van der Waals surface area contributed by atoms with Crippen molar-refractivity contribution in [3.63, 3.8) is 0 Å². The average Bonchev–Trinajstić information content (AvgIpc) is 2.65. The van der Waals surface area contributed by atoms with E-state index < -0.39 is 5.91 Å². The first-order valence-corrected chi connectivity index (χ1v) is 6.85. The van der Waals surface area contributed by atoms with Gasteiger partial charge in [-0.05, 0) is 31.0 Å². The molecule has 1 aromatic carbocycles. The minimum Gasteiger partial charge on any atom is -0.379 e. The number of nitrogens with zero attached hydrogens (tertiary/aromatic N) is 2. The number of morpholine rings is 1. The highest BCUT2D eigenvalue weighted by Gasteiger charge is 2.38. The molecule has 0 saturated carbocycles. The van der Waals surface area contributed by atoms with Crippen molar-refractivity contribution in [2.75, 3.05) is 37.9 Å². The number of ketones is 1. The molecule has 0 radical (unpaired) electrons. The smallest absolute Gasteiger partial charge is 0.300 e. The number of fused-ring (bicyclic) bond motifs is 1. The van der Waals surface area contributed by atoms with E-state index >= 15 is 0 Å². The molecule has 0 aromatic heterocycles. The molecular weight excluding hydrogens is 256 g/mol. The number of benzene rings is 1. The van der Waals surface area contributed by atoms with Crippen LogP contribution in [0.5, 0.6) is 0 Å². The van der Waals surface area contributed by atoms with Crippen LogP contribution in [-0.2, 0) is 9.53 Å². The Labute approximate surface area is 118 Å². The predicted molar refractivity (Wildman–Crippen MR) is 75.0 cm³/mol. The zero-order valence-electron chi connectivity index (χ0n) is 11.8. The van der Waals surface area contributed by atoms with Crippen LogP contribution >= 0.6 is 0 Å². The SMILES string of the molecule is Cc1cc(C)c2c(c1)N(CN1CCOCC1)C(=O)C2=O. The number of aryl methyl sites for hydroxylation is 2. The van der Waals surface area contributed by atoms with Crippen LogP contribution in [0.3, 0.4) is 0 Å². The van der Waals surface area contributed by atoms with Gasteiger partial charge in [-0.15, -0.1) is 0 Å². The van der Waals surface area contributed by atoms with Gasteiger partial charge in [0.1, 0.15) is 0 Å². The minimum atomic E-state index is -0.416. The van der Waals surface area contributed by atoms with Gasteiger partial charge in [0.15, 0.2) is 0 Å². The monoisotopic (exact) mass is 274 g/mol. The number of carbonyl (C=O) groups is 2. The first-order valence-electron chi connectivity index (χ1n) is 6.85. The maximum absolute atomic E-state index is 12.2. The summed E-state index contributed by atoms with van der Waals surface area (Å²) in [6.45, 7) is 7.26. The number of hydrogen-bond acceptors (Lipinski definition) is 4. The van der Waals surface area contributed by atoms with E-state index in [2.05, 4.69) is 4.90 Å². The summed E-state index contributed by atoms with van der Waals surface area (Å²) in [6, 6.07) is 3.87. The molecule has 0 aliphatic carbocycles. The van der Waals surface area contributed by atoms with Crippen molar-refractivity contribution in [3.05, 3.63) is 28.8 Å². The van der Waals surface area contributed by atoms with Crippen LogP contribution < -0.4 is 4.90 Å². The van der Waals surface area contributed by atoms with Crippen LogP contribution in [0.2, 0.25) is 0 Å². The molecular formula is C15H18N2O3. The number of ether oxygens (including phenoxy) is 1. The van der Waals surface area contributed by atoms with Gasteiger partial charge in [0, 0.05) is 13.1 Å². The lowest BCUT2D eigenvalue weighted by molar-refractivity contribution is -0.114. The molecule has 1 amide bonds. The predicted octanol–water partition coefficient (Wildman–Crippen LogP) is 1.12. The number of rotatable bonds is 2. The van der Waals surface area contributed by atoms with Gasteiger partial charge in [0.25, 0.3) is 5.78 Å². The van der Waals surface area contributed by atoms with Gasteiger partial charge in [0.2, 0.25) is 0 Å². The van der Waals surface area contributed by atoms with Gasteiger partial charge in [0.05, 0.1) is 31.1 Å². The lowest BCUT2D eigenvalue weighted by Crippen LogP contribution is -2.45. The Morgan fingerprint density at radius 2 is 1.85 bits per heavy atom. The first kappa shape index (κ1) is 13.3. The summed E-state index contributed by atoms with van der Waals surface area (Å²) >= 11 is 0. The molecule has 2 heterocycles. The van der Waals surface area contributed by atoms with Gasteiger partial charge >= 0.3 is 5.91 Å². The summed E-state index contributed by atoms with van der Waals surface area (Å²) in [4.78, 5) is 28.1. The molecule has 1 saturated heterocycles. The lowest BCUT2D eigenvalue weighted by Gasteiger charge is -2.30. The van der Waals surface area contributed by atoms with E-state index in [1.165, 1.54) is 0 Å². The topological polar surface area (TPSA) is 49.9 Å². The Morgan fingerprint density at radius 3 is 2.55 bits per heavy atom. The van der Waals surface area contributed by atoms with Crippen molar-refractivity contribution >= 4 is 17.4 Å². The van der Waals surface area contributed by atoms with Crippen molar-refractivity contribution in [1.82, 2.24) is 4.90 Å². The molecule has 0 N–H and O–H groups in total. The fourth-order valence-electron chi connectivity index (χ4n) is 2.88. The lowest BCUT2D eigenvalue weighted by atomic mass is 10.0. The Kier molecular flexibility index (Phi) is 3.31. The third-order valence-corrected chi connectivity index (χ3v) is 3.86. The molecule has 1 fully saturated rings. The van der Waals surface area contributed by atoms with Gasteiger partial charge in [-0.25, -0.2) is 0 Å². The van der Waals surface area contributed by atoms with Crippen LogP contribution in [0.4, 0.5) is 5.69 Å². The van der Waals surface area contributed by atoms with E-state index in [0.29, 0.717) is 25.4 Å². The van der Waals surface area contributed by atoms with Crippen LogP contribution in [-0.4, -0.2) is 49.6 Å². The normalized spacial score (nSPS) is 19.6. The van der Waals surface area contributed by atoms with E-state index in [-0.39, 0.29) is 5.78 Å². The van der Waals surface area contributed by atoms with Crippen LogP contribution in [0.1, 0.15) is 21.5 Å². The van der Waals surface area contributed by atoms with E-state index in [4.69, 9.17) is 4.74 Å². The minimum absolute atomic E-state index is 0.384. The second-order valence-corrected chi connectivity index (χ2v) is 5.41. The highest BCUT2D eigenvalue weighted by atomic mass is 16.5. The van der Waals surface area contributed by atoms with Crippen LogP contribution in [0.25, 0.3) is 0 Å². The van der Waals surface area contributed by atoms with Gasteiger partial charge in [-0.2, -0.15) is 0 Å². The summed E-state index contributed by atoms with van der Waals surface area (Å²) in [5.41, 5.74) is 3.26. The quantitative estimate of drug-likeness (QED) is 0.758. The molecule has 0 unspecified atom stereocenters. The Morgan fingerprint density at radius 1 is 1.15 bits per heavy atom. The zero-order chi connectivity index (χ0) is 14.3. The molecule has 5 heteroatoms. The zero-order valence-corrected chi connectivity index (χ0v) is 11.8. The second kappa shape index (κ2) is 5.00. The van der Waals surface area contributed by atoms with Gasteiger partial charge < -0.3 is 4.74 Å². The van der Waals surface area contributed by atoms with Crippen molar-refractivity contribution in [1.29, 1.82) is 0 Å². The maximum atomic E-state index is 12.2. The van der Waals surface area contributed by atoms with E-state index in [9.17, 15) is 9.59 Å². The molecule has 2 aliphatic heterocycles. The van der Waals surface area contributed by atoms with Crippen LogP contribution in [0.15, 0.2) is 12.1 Å². The summed E-state index contributed by atoms with van der Waals surface area (Å²) in [5.74, 6) is -0.800. The first-order chi connectivity index (χ1) is 9.58. The van der Waals surface area contributed by atoms with Crippen molar-refractivity contribution in [2.45, 2.75) is 13.8 Å². The molecule has 2 aliphatic rings. The third-order valence-electron chi connectivity index (χ3n) is 3.86. The number of amides is 1. The number of hydrogen-bond donors (Lipinski definition) is 0. The fourth-order valence-corrected chi connectivity index (χ4v) is 2.88. The second-order valence-electron chi connectivity index (χ2n) is 5.41. The molecule has 0 spiro atoms. The molecule has 20 heavy (non-hydrogen) atoms. The van der Waals surface area contributed by atoms with Gasteiger partial charge in [-0.1, -0.05) is 6.07 Å². The van der Waals surface area contributed by atoms with E-state index in [1.54, 1.807) is 4.90 Å². The molecule has 0 bridgehead atoms. The molecule has 106 valence electrons. The van der Waals surface area contributed by atoms with Crippen molar-refractivity contribution in [3.8, 4) is 0 Å². The summed E-state index contributed by atoms with van der Waals surface area (Å²) < 4.78 is 5.31. The van der Waals surface area contributed by atoms with Crippen LogP contribution in [0, 0.1) is 13.8 Å². The maximum Gasteiger partial charge on any atom is 0.300 e. The highest BCUT2D eigenvalue weighted by Crippen LogP contribution is 2.32. The fraction of sp³-hybridized carbons (Fsp3) is 0.467. The number of anilines is 1. The Bertz CT molecular complexity index is 577.